The van der Waals surface area contributed by atoms with Crippen molar-refractivity contribution in [2.45, 2.75) is 39.8 Å². The Morgan fingerprint density at radius 3 is 2.64 bits per heavy atom. The summed E-state index contributed by atoms with van der Waals surface area (Å²) in [7, 11) is 0. The van der Waals surface area contributed by atoms with Gasteiger partial charge in [0, 0.05) is 42.1 Å². The molecule has 0 spiro atoms. The maximum atomic E-state index is 12.4. The molecule has 148 valence electrons. The van der Waals surface area contributed by atoms with Gasteiger partial charge in [-0.15, -0.1) is 11.3 Å². The largest absolute Gasteiger partial charge is 0.349 e. The van der Waals surface area contributed by atoms with Crippen LogP contribution in [-0.4, -0.2) is 45.9 Å². The molecule has 7 heteroatoms. The Morgan fingerprint density at radius 2 is 1.89 bits per heavy atom. The van der Waals surface area contributed by atoms with Gasteiger partial charge in [0.2, 0.25) is 0 Å². The number of anilines is 2. The number of aromatic nitrogens is 2. The standard InChI is InChI=1S/C21H27N5OS/c1-14(2)26(15(3)4)12-11-23-20(27)18-13-28-21(24-18)25-19-17-8-6-5-7-16(17)9-10-22-19/h5-10,13-15H,11-12H2,1-4H3,(H,23,27)(H,22,24,25). The van der Waals surface area contributed by atoms with E-state index in [1.54, 1.807) is 11.6 Å². The molecule has 0 bridgehead atoms. The lowest BCUT2D eigenvalue weighted by molar-refractivity contribution is 0.0935. The minimum Gasteiger partial charge on any atom is -0.349 e. The van der Waals surface area contributed by atoms with Crippen LogP contribution in [0.1, 0.15) is 38.2 Å². The van der Waals surface area contributed by atoms with Crippen LogP contribution in [0.25, 0.3) is 10.8 Å². The summed E-state index contributed by atoms with van der Waals surface area (Å²) in [4.78, 5) is 23.6. The van der Waals surface area contributed by atoms with Gasteiger partial charge >= 0.3 is 0 Å². The topological polar surface area (TPSA) is 70.2 Å². The highest BCUT2D eigenvalue weighted by Gasteiger charge is 2.15. The molecule has 1 aromatic carbocycles. The second-order valence-electron chi connectivity index (χ2n) is 7.22. The molecule has 0 radical (unpaired) electrons. The molecule has 0 aliphatic heterocycles. The number of fused-ring (bicyclic) bond motifs is 1. The van der Waals surface area contributed by atoms with Gasteiger partial charge in [0.1, 0.15) is 11.5 Å². The molecular formula is C21H27N5OS. The lowest BCUT2D eigenvalue weighted by Crippen LogP contribution is -2.42. The van der Waals surface area contributed by atoms with Crippen LogP contribution in [0.2, 0.25) is 0 Å². The Bertz CT molecular complexity index is 924. The number of nitrogens with one attached hydrogen (secondary N) is 2. The summed E-state index contributed by atoms with van der Waals surface area (Å²) in [6, 6.07) is 10.9. The summed E-state index contributed by atoms with van der Waals surface area (Å²) >= 11 is 1.40. The second-order valence-corrected chi connectivity index (χ2v) is 8.08. The number of hydrogen-bond donors (Lipinski definition) is 2. The zero-order valence-electron chi connectivity index (χ0n) is 16.8. The molecule has 1 amide bonds. The highest BCUT2D eigenvalue weighted by atomic mass is 32.1. The van der Waals surface area contributed by atoms with Crippen LogP contribution in [0, 0.1) is 0 Å². The summed E-state index contributed by atoms with van der Waals surface area (Å²) in [6.45, 7) is 10.1. The van der Waals surface area contributed by atoms with Crippen LogP contribution in [0.4, 0.5) is 10.9 Å². The summed E-state index contributed by atoms with van der Waals surface area (Å²) in [5, 5.41) is 10.8. The normalized spacial score (nSPS) is 11.5. The highest BCUT2D eigenvalue weighted by Crippen LogP contribution is 2.25. The van der Waals surface area contributed by atoms with E-state index in [0.29, 0.717) is 29.5 Å². The van der Waals surface area contributed by atoms with Gasteiger partial charge in [0.15, 0.2) is 5.13 Å². The predicted molar refractivity (Wildman–Crippen MR) is 116 cm³/mol. The van der Waals surface area contributed by atoms with Crippen LogP contribution >= 0.6 is 11.3 Å². The number of pyridine rings is 1. The van der Waals surface area contributed by atoms with Crippen molar-refractivity contribution in [2.24, 2.45) is 0 Å². The van der Waals surface area contributed by atoms with Crippen molar-refractivity contribution in [3.63, 3.8) is 0 Å². The third-order valence-electron chi connectivity index (χ3n) is 4.62. The van der Waals surface area contributed by atoms with Gasteiger partial charge in [-0.1, -0.05) is 24.3 Å². The molecule has 2 heterocycles. The summed E-state index contributed by atoms with van der Waals surface area (Å²) in [6.07, 6.45) is 1.76. The van der Waals surface area contributed by atoms with E-state index in [1.807, 2.05) is 30.3 Å². The SMILES string of the molecule is CC(C)N(CCNC(=O)c1csc(Nc2nccc3ccccc23)n1)C(C)C. The number of thiazole rings is 1. The van der Waals surface area contributed by atoms with Crippen molar-refractivity contribution in [2.75, 3.05) is 18.4 Å². The molecule has 0 fully saturated rings. The van der Waals surface area contributed by atoms with Gasteiger partial charge in [-0.3, -0.25) is 9.69 Å². The number of benzene rings is 1. The molecule has 0 saturated heterocycles. The van der Waals surface area contributed by atoms with Gasteiger partial charge < -0.3 is 10.6 Å². The maximum absolute atomic E-state index is 12.4. The number of rotatable bonds is 8. The monoisotopic (exact) mass is 397 g/mol. The van der Waals surface area contributed by atoms with Crippen LogP contribution in [0.5, 0.6) is 0 Å². The Hall–Kier alpha value is -2.51. The number of hydrogen-bond acceptors (Lipinski definition) is 6. The van der Waals surface area contributed by atoms with Gasteiger partial charge in [-0.25, -0.2) is 9.97 Å². The minimum absolute atomic E-state index is 0.150. The lowest BCUT2D eigenvalue weighted by atomic mass is 10.2. The summed E-state index contributed by atoms with van der Waals surface area (Å²) in [5.41, 5.74) is 0.424. The average Bonchev–Trinajstić information content (AvgIpc) is 3.13. The lowest BCUT2D eigenvalue weighted by Gasteiger charge is -2.30. The first-order valence-electron chi connectivity index (χ1n) is 9.56. The highest BCUT2D eigenvalue weighted by molar-refractivity contribution is 7.14. The van der Waals surface area contributed by atoms with E-state index in [2.05, 4.69) is 53.2 Å². The first-order valence-corrected chi connectivity index (χ1v) is 10.4. The van der Waals surface area contributed by atoms with Gasteiger partial charge in [0.05, 0.1) is 0 Å². The molecule has 6 nitrogen and oxygen atoms in total. The molecule has 2 aromatic heterocycles. The molecular weight excluding hydrogens is 370 g/mol. The summed E-state index contributed by atoms with van der Waals surface area (Å²) in [5.74, 6) is 0.589. The quantitative estimate of drug-likeness (QED) is 0.594. The molecule has 3 rings (SSSR count). The molecule has 28 heavy (non-hydrogen) atoms. The van der Waals surface area contributed by atoms with E-state index in [1.165, 1.54) is 11.3 Å². The molecule has 0 aliphatic rings. The average molecular weight is 398 g/mol. The number of amides is 1. The van der Waals surface area contributed by atoms with E-state index in [-0.39, 0.29) is 5.91 Å². The third kappa shape index (κ3) is 4.85. The molecule has 3 aromatic rings. The molecule has 0 aliphatic carbocycles. The zero-order chi connectivity index (χ0) is 20.1. The van der Waals surface area contributed by atoms with Gasteiger partial charge in [-0.2, -0.15) is 0 Å². The van der Waals surface area contributed by atoms with E-state index in [0.717, 1.165) is 23.1 Å². The third-order valence-corrected chi connectivity index (χ3v) is 5.38. The Kier molecular flexibility index (Phi) is 6.59. The second kappa shape index (κ2) is 9.12. The number of carbonyl (C=O) groups is 1. The van der Waals surface area contributed by atoms with Crippen molar-refractivity contribution in [1.29, 1.82) is 0 Å². The Morgan fingerprint density at radius 1 is 1.14 bits per heavy atom. The molecule has 0 unspecified atom stereocenters. The zero-order valence-corrected chi connectivity index (χ0v) is 17.6. The van der Waals surface area contributed by atoms with E-state index >= 15 is 0 Å². The van der Waals surface area contributed by atoms with Crippen LogP contribution in [0.15, 0.2) is 41.9 Å². The van der Waals surface area contributed by atoms with Crippen molar-refractivity contribution < 1.29 is 4.79 Å². The van der Waals surface area contributed by atoms with Crippen molar-refractivity contribution in [3.8, 4) is 0 Å². The van der Waals surface area contributed by atoms with E-state index < -0.39 is 0 Å². The van der Waals surface area contributed by atoms with Gasteiger partial charge in [0.25, 0.3) is 5.91 Å². The van der Waals surface area contributed by atoms with Gasteiger partial charge in [-0.05, 0) is 39.1 Å². The fourth-order valence-electron chi connectivity index (χ4n) is 3.26. The Balaban J connectivity index is 1.61. The fourth-order valence-corrected chi connectivity index (χ4v) is 3.95. The summed E-state index contributed by atoms with van der Waals surface area (Å²) < 4.78 is 0. The van der Waals surface area contributed by atoms with Crippen molar-refractivity contribution in [1.82, 2.24) is 20.2 Å². The number of nitrogens with zero attached hydrogens (tertiary/aromatic N) is 3. The molecule has 0 atom stereocenters. The molecule has 0 saturated carbocycles. The van der Waals surface area contributed by atoms with Crippen molar-refractivity contribution >= 4 is 39.0 Å². The molecule has 2 N–H and O–H groups in total. The number of carbonyl (C=O) groups excluding carboxylic acids is 1. The first-order chi connectivity index (χ1) is 13.5. The van der Waals surface area contributed by atoms with Crippen LogP contribution in [0.3, 0.4) is 0 Å². The fraction of sp³-hybridized carbons (Fsp3) is 0.381. The van der Waals surface area contributed by atoms with Crippen LogP contribution < -0.4 is 10.6 Å². The Labute approximate surface area is 170 Å². The van der Waals surface area contributed by atoms with Crippen molar-refractivity contribution in [3.05, 3.63) is 47.6 Å². The van der Waals surface area contributed by atoms with E-state index in [4.69, 9.17) is 0 Å². The van der Waals surface area contributed by atoms with E-state index in [9.17, 15) is 4.79 Å². The first kappa shape index (κ1) is 20.2. The van der Waals surface area contributed by atoms with Crippen LogP contribution in [-0.2, 0) is 0 Å². The minimum atomic E-state index is -0.150. The smallest absolute Gasteiger partial charge is 0.270 e. The predicted octanol–water partition coefficient (Wildman–Crippen LogP) is 4.28. The maximum Gasteiger partial charge on any atom is 0.270 e.